The van der Waals surface area contributed by atoms with Gasteiger partial charge < -0.3 is 4.74 Å². The third kappa shape index (κ3) is 3.50. The highest BCUT2D eigenvalue weighted by Crippen LogP contribution is 2.24. The molecule has 3 rings (SSSR count). The zero-order valence-corrected chi connectivity index (χ0v) is 14.6. The zero-order chi connectivity index (χ0) is 20.3. The van der Waals surface area contributed by atoms with Gasteiger partial charge in [0.2, 0.25) is 5.91 Å². The van der Waals surface area contributed by atoms with Crippen molar-refractivity contribution < 1.29 is 28.3 Å². The van der Waals surface area contributed by atoms with Gasteiger partial charge in [0.25, 0.3) is 5.91 Å². The number of para-hydroxylation sites is 2. The average Bonchev–Trinajstić information content (AvgIpc) is 2.68. The maximum Gasteiger partial charge on any atom is 0.340 e. The summed E-state index contributed by atoms with van der Waals surface area (Å²) in [6, 6.07) is 10.3. The highest BCUT2D eigenvalue weighted by atomic mass is 19.1. The molecule has 9 heteroatoms. The number of rotatable bonds is 4. The summed E-state index contributed by atoms with van der Waals surface area (Å²) in [6.07, 6.45) is 1.000. The van der Waals surface area contributed by atoms with Crippen LogP contribution in [0.2, 0.25) is 0 Å². The van der Waals surface area contributed by atoms with E-state index in [9.17, 15) is 23.6 Å². The van der Waals surface area contributed by atoms with E-state index >= 15 is 0 Å². The Hall–Kier alpha value is -3.88. The summed E-state index contributed by atoms with van der Waals surface area (Å²) < 4.78 is 18.7. The van der Waals surface area contributed by atoms with Crippen LogP contribution in [0.1, 0.15) is 10.4 Å². The molecule has 1 heterocycles. The summed E-state index contributed by atoms with van der Waals surface area (Å²) in [5.74, 6) is -4.79. The van der Waals surface area contributed by atoms with Crippen molar-refractivity contribution in [3.05, 3.63) is 59.9 Å². The molecule has 1 aliphatic rings. The molecule has 1 aliphatic heterocycles. The minimum absolute atomic E-state index is 0.131. The van der Waals surface area contributed by atoms with Crippen LogP contribution in [-0.2, 0) is 14.3 Å². The number of benzene rings is 2. The van der Waals surface area contributed by atoms with Crippen molar-refractivity contribution in [2.45, 2.75) is 0 Å². The Labute approximate surface area is 158 Å². The summed E-state index contributed by atoms with van der Waals surface area (Å²) in [4.78, 5) is 53.2. The lowest BCUT2D eigenvalue weighted by molar-refractivity contribution is -0.131. The molecule has 1 atom stereocenters. The second-order valence-electron chi connectivity index (χ2n) is 5.68. The van der Waals surface area contributed by atoms with E-state index in [0.717, 1.165) is 12.3 Å². The Balaban J connectivity index is 1.94. The Bertz CT molecular complexity index is 1000. The number of barbiturate groups is 1. The number of urea groups is 1. The normalized spacial score (nSPS) is 17.0. The van der Waals surface area contributed by atoms with Crippen LogP contribution in [0, 0.1) is 11.7 Å². The largest absolute Gasteiger partial charge is 0.465 e. The van der Waals surface area contributed by atoms with Crippen LogP contribution >= 0.6 is 0 Å². The summed E-state index contributed by atoms with van der Waals surface area (Å²) in [6.45, 7) is 0. The fourth-order valence-corrected chi connectivity index (χ4v) is 2.61. The van der Waals surface area contributed by atoms with E-state index in [1.807, 2.05) is 5.32 Å². The first kappa shape index (κ1) is 18.9. The summed E-state index contributed by atoms with van der Waals surface area (Å²) in [5.41, 5.74) is 0.0158. The van der Waals surface area contributed by atoms with Crippen molar-refractivity contribution in [2.75, 3.05) is 12.0 Å². The third-order valence-electron chi connectivity index (χ3n) is 3.97. The lowest BCUT2D eigenvalue weighted by atomic mass is 10.1. The van der Waals surface area contributed by atoms with E-state index < -0.39 is 35.5 Å². The molecule has 0 radical (unpaired) electrons. The number of ether oxygens (including phenoxy) is 1. The molecular weight excluding hydrogens is 369 g/mol. The molecule has 0 saturated carbocycles. The molecule has 2 aromatic carbocycles. The van der Waals surface area contributed by atoms with Crippen molar-refractivity contribution in [1.82, 2.24) is 5.32 Å². The highest BCUT2D eigenvalue weighted by Gasteiger charge is 2.41. The minimum atomic E-state index is -1.48. The van der Waals surface area contributed by atoms with Gasteiger partial charge in [0.1, 0.15) is 5.82 Å². The van der Waals surface area contributed by atoms with Crippen LogP contribution in [0.5, 0.6) is 0 Å². The topological polar surface area (TPSA) is 105 Å². The van der Waals surface area contributed by atoms with Gasteiger partial charge >= 0.3 is 12.0 Å². The molecule has 2 aromatic rings. The molecule has 0 bridgehead atoms. The van der Waals surface area contributed by atoms with Gasteiger partial charge in [0.15, 0.2) is 5.92 Å². The quantitative estimate of drug-likeness (QED) is 0.495. The van der Waals surface area contributed by atoms with Crippen molar-refractivity contribution >= 4 is 41.4 Å². The standard InChI is InChI=1S/C19H14FN3O5/c1-28-18(26)11-6-2-4-8-14(11)21-10-12-16(24)22-19(27)23(17(12)25)15-9-5-3-7-13(15)20/h2-10,12H,1H3,(H,22,24,27)/t12-/m1/s1. The predicted molar refractivity (Wildman–Crippen MR) is 96.8 cm³/mol. The number of halogens is 1. The Morgan fingerprint density at radius 3 is 2.54 bits per heavy atom. The lowest BCUT2D eigenvalue weighted by Gasteiger charge is -2.28. The molecule has 0 aromatic heterocycles. The van der Waals surface area contributed by atoms with E-state index in [1.54, 1.807) is 12.1 Å². The van der Waals surface area contributed by atoms with Gasteiger partial charge in [0.05, 0.1) is 24.0 Å². The van der Waals surface area contributed by atoms with Crippen LogP contribution < -0.4 is 10.2 Å². The maximum atomic E-state index is 14.0. The fraction of sp³-hybridized carbons (Fsp3) is 0.105. The number of carbonyl (C=O) groups excluding carboxylic acids is 4. The van der Waals surface area contributed by atoms with Crippen LogP contribution in [0.25, 0.3) is 0 Å². The van der Waals surface area contributed by atoms with E-state index in [0.29, 0.717) is 4.90 Å². The SMILES string of the molecule is COC(=O)c1ccccc1N=C[C@@H]1C(=O)NC(=O)N(c2ccccc2F)C1=O. The Kier molecular flexibility index (Phi) is 5.25. The second-order valence-corrected chi connectivity index (χ2v) is 5.68. The molecule has 1 fully saturated rings. The van der Waals surface area contributed by atoms with Gasteiger partial charge in [-0.05, 0) is 24.3 Å². The molecular formula is C19H14FN3O5. The molecule has 1 saturated heterocycles. The van der Waals surface area contributed by atoms with Gasteiger partial charge in [-0.2, -0.15) is 0 Å². The number of hydrogen-bond donors (Lipinski definition) is 1. The van der Waals surface area contributed by atoms with E-state index in [-0.39, 0.29) is 16.9 Å². The fourth-order valence-electron chi connectivity index (χ4n) is 2.61. The van der Waals surface area contributed by atoms with Gasteiger partial charge in [-0.15, -0.1) is 0 Å². The summed E-state index contributed by atoms with van der Waals surface area (Å²) in [7, 11) is 1.21. The maximum absolute atomic E-state index is 14.0. The lowest BCUT2D eigenvalue weighted by Crippen LogP contribution is -2.58. The second kappa shape index (κ2) is 7.78. The average molecular weight is 383 g/mol. The number of nitrogens with zero attached hydrogens (tertiary/aromatic N) is 2. The van der Waals surface area contributed by atoms with Crippen molar-refractivity contribution in [2.24, 2.45) is 10.9 Å². The Morgan fingerprint density at radius 2 is 1.82 bits per heavy atom. The van der Waals surface area contributed by atoms with Crippen LogP contribution in [0.3, 0.4) is 0 Å². The number of anilines is 1. The smallest absolute Gasteiger partial charge is 0.340 e. The molecule has 0 aliphatic carbocycles. The molecule has 0 spiro atoms. The first-order valence-electron chi connectivity index (χ1n) is 8.09. The molecule has 1 N–H and O–H groups in total. The number of imide groups is 2. The van der Waals surface area contributed by atoms with Gasteiger partial charge in [0, 0.05) is 6.21 Å². The molecule has 28 heavy (non-hydrogen) atoms. The first-order chi connectivity index (χ1) is 13.4. The zero-order valence-electron chi connectivity index (χ0n) is 14.6. The Morgan fingerprint density at radius 1 is 1.14 bits per heavy atom. The number of amides is 4. The molecule has 8 nitrogen and oxygen atoms in total. The molecule has 4 amide bonds. The monoisotopic (exact) mass is 383 g/mol. The number of hydrogen-bond acceptors (Lipinski definition) is 6. The predicted octanol–water partition coefficient (Wildman–Crippen LogP) is 2.21. The van der Waals surface area contributed by atoms with Crippen LogP contribution in [0.15, 0.2) is 53.5 Å². The van der Waals surface area contributed by atoms with Gasteiger partial charge in [-0.3, -0.25) is 19.9 Å². The van der Waals surface area contributed by atoms with Crippen LogP contribution in [-0.4, -0.2) is 37.1 Å². The number of nitrogens with one attached hydrogen (secondary N) is 1. The number of carbonyl (C=O) groups is 4. The van der Waals surface area contributed by atoms with E-state index in [4.69, 9.17) is 0 Å². The van der Waals surface area contributed by atoms with Gasteiger partial charge in [-0.25, -0.2) is 18.9 Å². The molecule has 0 unspecified atom stereocenters. The first-order valence-corrected chi connectivity index (χ1v) is 8.09. The number of esters is 1. The van der Waals surface area contributed by atoms with Crippen molar-refractivity contribution in [3.8, 4) is 0 Å². The van der Waals surface area contributed by atoms with Gasteiger partial charge in [-0.1, -0.05) is 24.3 Å². The molecule has 142 valence electrons. The minimum Gasteiger partial charge on any atom is -0.465 e. The van der Waals surface area contributed by atoms with Crippen molar-refractivity contribution in [3.63, 3.8) is 0 Å². The van der Waals surface area contributed by atoms with Crippen molar-refractivity contribution in [1.29, 1.82) is 0 Å². The van der Waals surface area contributed by atoms with Crippen LogP contribution in [0.4, 0.5) is 20.6 Å². The number of aliphatic imine (C=N–C) groups is 1. The third-order valence-corrected chi connectivity index (χ3v) is 3.97. The van der Waals surface area contributed by atoms with E-state index in [1.165, 1.54) is 37.4 Å². The van der Waals surface area contributed by atoms with E-state index in [2.05, 4.69) is 9.73 Å². The highest BCUT2D eigenvalue weighted by molar-refractivity contribution is 6.32. The summed E-state index contributed by atoms with van der Waals surface area (Å²) in [5, 5.41) is 2.00. The summed E-state index contributed by atoms with van der Waals surface area (Å²) >= 11 is 0. The number of methoxy groups -OCH3 is 1.